The van der Waals surface area contributed by atoms with Crippen LogP contribution in [0.3, 0.4) is 0 Å². The number of aliphatic imine (C=N–C) groups is 1. The van der Waals surface area contributed by atoms with E-state index >= 15 is 0 Å². The first-order chi connectivity index (χ1) is 12.7. The fourth-order valence-electron chi connectivity index (χ4n) is 3.24. The van der Waals surface area contributed by atoms with Gasteiger partial charge in [0.2, 0.25) is 0 Å². The van der Waals surface area contributed by atoms with Gasteiger partial charge in [-0.3, -0.25) is 4.99 Å². The molecule has 0 bridgehead atoms. The number of methoxy groups -OCH3 is 1. The van der Waals surface area contributed by atoms with Crippen molar-refractivity contribution < 1.29 is 4.74 Å². The minimum atomic E-state index is 0.609. The van der Waals surface area contributed by atoms with Crippen LogP contribution >= 0.6 is 0 Å². The number of nitrogens with zero attached hydrogens (tertiary/aromatic N) is 4. The SMILES string of the molecule is CN=C(NCc1ccc(C)cc1OC)NCc1nnc2n1CCCCC2. The summed E-state index contributed by atoms with van der Waals surface area (Å²) in [6.45, 7) is 4.31. The molecule has 0 spiro atoms. The summed E-state index contributed by atoms with van der Waals surface area (Å²) in [5.41, 5.74) is 2.28. The van der Waals surface area contributed by atoms with E-state index in [9.17, 15) is 0 Å². The van der Waals surface area contributed by atoms with Gasteiger partial charge in [0.05, 0.1) is 13.7 Å². The normalized spacial score (nSPS) is 14.5. The fourth-order valence-corrected chi connectivity index (χ4v) is 3.24. The average Bonchev–Trinajstić information content (AvgIpc) is 2.88. The van der Waals surface area contributed by atoms with Crippen LogP contribution in [0, 0.1) is 6.92 Å². The molecule has 0 atom stereocenters. The molecular weight excluding hydrogens is 328 g/mol. The van der Waals surface area contributed by atoms with Crippen LogP contribution < -0.4 is 15.4 Å². The third kappa shape index (κ3) is 4.33. The Balaban J connectivity index is 1.58. The van der Waals surface area contributed by atoms with Crippen molar-refractivity contribution in [2.24, 2.45) is 4.99 Å². The lowest BCUT2D eigenvalue weighted by Gasteiger charge is -2.14. The van der Waals surface area contributed by atoms with Gasteiger partial charge in [0.25, 0.3) is 0 Å². The predicted molar refractivity (Wildman–Crippen MR) is 102 cm³/mol. The molecule has 1 aliphatic heterocycles. The van der Waals surface area contributed by atoms with E-state index in [4.69, 9.17) is 4.74 Å². The van der Waals surface area contributed by atoms with Gasteiger partial charge >= 0.3 is 0 Å². The molecule has 1 aromatic heterocycles. The maximum absolute atomic E-state index is 5.46. The first-order valence-corrected chi connectivity index (χ1v) is 9.20. The summed E-state index contributed by atoms with van der Waals surface area (Å²) < 4.78 is 7.71. The van der Waals surface area contributed by atoms with Gasteiger partial charge in [-0.25, -0.2) is 0 Å². The van der Waals surface area contributed by atoms with Gasteiger partial charge in [0.1, 0.15) is 11.6 Å². The van der Waals surface area contributed by atoms with Crippen LogP contribution in [0.2, 0.25) is 0 Å². The van der Waals surface area contributed by atoms with Crippen molar-refractivity contribution in [2.75, 3.05) is 14.2 Å². The molecule has 0 amide bonds. The van der Waals surface area contributed by atoms with E-state index in [-0.39, 0.29) is 0 Å². The van der Waals surface area contributed by atoms with Crippen LogP contribution in [0.15, 0.2) is 23.2 Å². The second kappa shape index (κ2) is 8.69. The zero-order valence-electron chi connectivity index (χ0n) is 15.9. The Morgan fingerprint density at radius 3 is 2.85 bits per heavy atom. The van der Waals surface area contributed by atoms with Crippen molar-refractivity contribution in [1.29, 1.82) is 0 Å². The third-order valence-corrected chi connectivity index (χ3v) is 4.71. The summed E-state index contributed by atoms with van der Waals surface area (Å²) in [4.78, 5) is 4.30. The van der Waals surface area contributed by atoms with Crippen LogP contribution in [0.1, 0.15) is 42.0 Å². The van der Waals surface area contributed by atoms with E-state index in [0.29, 0.717) is 13.1 Å². The van der Waals surface area contributed by atoms with Crippen LogP contribution in [0.5, 0.6) is 5.75 Å². The average molecular weight is 356 g/mol. The molecule has 1 aliphatic rings. The van der Waals surface area contributed by atoms with Crippen molar-refractivity contribution in [3.63, 3.8) is 0 Å². The fraction of sp³-hybridized carbons (Fsp3) is 0.526. The molecule has 140 valence electrons. The van der Waals surface area contributed by atoms with Crippen LogP contribution in [0.4, 0.5) is 0 Å². The molecule has 0 saturated heterocycles. The second-order valence-corrected chi connectivity index (χ2v) is 6.59. The van der Waals surface area contributed by atoms with E-state index < -0.39 is 0 Å². The van der Waals surface area contributed by atoms with E-state index in [1.54, 1.807) is 14.2 Å². The van der Waals surface area contributed by atoms with Gasteiger partial charge in [0.15, 0.2) is 11.8 Å². The van der Waals surface area contributed by atoms with Crippen molar-refractivity contribution in [3.05, 3.63) is 41.0 Å². The van der Waals surface area contributed by atoms with Crippen molar-refractivity contribution in [3.8, 4) is 5.75 Å². The van der Waals surface area contributed by atoms with Gasteiger partial charge in [-0.05, 0) is 31.4 Å². The van der Waals surface area contributed by atoms with Crippen LogP contribution in [-0.2, 0) is 26.1 Å². The Kier molecular flexibility index (Phi) is 6.09. The van der Waals surface area contributed by atoms with Crippen molar-refractivity contribution in [1.82, 2.24) is 25.4 Å². The summed E-state index contributed by atoms with van der Waals surface area (Å²) in [5.74, 6) is 3.69. The number of guanidine groups is 1. The molecule has 2 N–H and O–H groups in total. The molecule has 0 saturated carbocycles. The summed E-state index contributed by atoms with van der Waals surface area (Å²) in [7, 11) is 3.47. The molecule has 0 radical (unpaired) electrons. The Bertz CT molecular complexity index is 767. The summed E-state index contributed by atoms with van der Waals surface area (Å²) >= 11 is 0. The highest BCUT2D eigenvalue weighted by Crippen LogP contribution is 2.19. The molecule has 2 heterocycles. The molecule has 7 heteroatoms. The lowest BCUT2D eigenvalue weighted by atomic mass is 10.1. The molecule has 0 aliphatic carbocycles. The number of rotatable bonds is 5. The van der Waals surface area contributed by atoms with Crippen LogP contribution in [0.25, 0.3) is 0 Å². The maximum atomic E-state index is 5.46. The number of fused-ring (bicyclic) bond motifs is 1. The smallest absolute Gasteiger partial charge is 0.191 e. The Hall–Kier alpha value is -2.57. The van der Waals surface area contributed by atoms with E-state index in [1.807, 2.05) is 6.07 Å². The van der Waals surface area contributed by atoms with E-state index in [0.717, 1.165) is 41.9 Å². The highest BCUT2D eigenvalue weighted by Gasteiger charge is 2.14. The van der Waals surface area contributed by atoms with Gasteiger partial charge in [-0.2, -0.15) is 0 Å². The molecule has 7 nitrogen and oxygen atoms in total. The van der Waals surface area contributed by atoms with E-state index in [2.05, 4.69) is 49.4 Å². The number of aromatic nitrogens is 3. The quantitative estimate of drug-likeness (QED) is 0.634. The first-order valence-electron chi connectivity index (χ1n) is 9.20. The Morgan fingerprint density at radius 1 is 1.19 bits per heavy atom. The number of hydrogen-bond donors (Lipinski definition) is 2. The highest BCUT2D eigenvalue weighted by atomic mass is 16.5. The molecule has 3 rings (SSSR count). The topological polar surface area (TPSA) is 76.4 Å². The van der Waals surface area contributed by atoms with Gasteiger partial charge in [-0.15, -0.1) is 10.2 Å². The summed E-state index contributed by atoms with van der Waals surface area (Å²) in [6, 6.07) is 6.20. The molecule has 2 aromatic rings. The molecule has 0 fully saturated rings. The lowest BCUT2D eigenvalue weighted by molar-refractivity contribution is 0.408. The largest absolute Gasteiger partial charge is 0.496 e. The number of benzene rings is 1. The predicted octanol–water partition coefficient (Wildman–Crippen LogP) is 2.19. The van der Waals surface area contributed by atoms with Gasteiger partial charge < -0.3 is 19.9 Å². The number of aryl methyl sites for hydroxylation is 2. The summed E-state index contributed by atoms with van der Waals surface area (Å²) in [6.07, 6.45) is 4.68. The van der Waals surface area contributed by atoms with E-state index in [1.165, 1.54) is 24.8 Å². The molecular formula is C19H28N6O. The minimum absolute atomic E-state index is 0.609. The first kappa shape index (κ1) is 18.2. The molecule has 0 unspecified atom stereocenters. The Morgan fingerprint density at radius 2 is 2.04 bits per heavy atom. The zero-order valence-corrected chi connectivity index (χ0v) is 15.9. The van der Waals surface area contributed by atoms with Crippen molar-refractivity contribution in [2.45, 2.75) is 52.2 Å². The zero-order chi connectivity index (χ0) is 18.4. The third-order valence-electron chi connectivity index (χ3n) is 4.71. The number of ether oxygens (including phenoxy) is 1. The van der Waals surface area contributed by atoms with Crippen LogP contribution in [-0.4, -0.2) is 34.9 Å². The maximum Gasteiger partial charge on any atom is 0.191 e. The number of hydrogen-bond acceptors (Lipinski definition) is 4. The summed E-state index contributed by atoms with van der Waals surface area (Å²) in [5, 5.41) is 15.4. The van der Waals surface area contributed by atoms with Crippen molar-refractivity contribution >= 4 is 5.96 Å². The van der Waals surface area contributed by atoms with Gasteiger partial charge in [-0.1, -0.05) is 18.6 Å². The molecule has 26 heavy (non-hydrogen) atoms. The number of nitrogens with one attached hydrogen (secondary N) is 2. The molecule has 1 aromatic carbocycles. The minimum Gasteiger partial charge on any atom is -0.496 e. The monoisotopic (exact) mass is 356 g/mol. The highest BCUT2D eigenvalue weighted by molar-refractivity contribution is 5.79. The van der Waals surface area contributed by atoms with Gasteiger partial charge in [0, 0.05) is 32.1 Å². The lowest BCUT2D eigenvalue weighted by Crippen LogP contribution is -2.37. The Labute approximate surface area is 154 Å². The standard InChI is InChI=1S/C19H28N6O/c1-14-8-9-15(16(11-14)26-3)12-21-19(20-2)22-13-18-24-23-17-7-5-4-6-10-25(17)18/h8-9,11H,4-7,10,12-13H2,1-3H3,(H2,20,21,22). The second-order valence-electron chi connectivity index (χ2n) is 6.59.